The summed E-state index contributed by atoms with van der Waals surface area (Å²) < 4.78 is 10.5. The molecule has 40 heavy (non-hydrogen) atoms. The van der Waals surface area contributed by atoms with Gasteiger partial charge in [-0.05, 0) is 67.4 Å². The van der Waals surface area contributed by atoms with E-state index in [4.69, 9.17) is 9.47 Å². The molecule has 9 nitrogen and oxygen atoms in total. The predicted molar refractivity (Wildman–Crippen MR) is 150 cm³/mol. The third kappa shape index (κ3) is 5.22. The van der Waals surface area contributed by atoms with Gasteiger partial charge in [-0.3, -0.25) is 14.4 Å². The van der Waals surface area contributed by atoms with Gasteiger partial charge in [0.05, 0.1) is 24.9 Å². The summed E-state index contributed by atoms with van der Waals surface area (Å²) in [5.74, 6) is -0.289. The van der Waals surface area contributed by atoms with E-state index < -0.39 is 11.7 Å². The Balaban J connectivity index is 1.32. The van der Waals surface area contributed by atoms with Crippen molar-refractivity contribution in [1.82, 2.24) is 4.90 Å². The quantitative estimate of drug-likeness (QED) is 0.354. The number of ether oxygens (including phenoxy) is 2. The van der Waals surface area contributed by atoms with Gasteiger partial charge in [-0.2, -0.15) is 0 Å². The number of allylic oxidation sites excluding steroid dienone is 1. The van der Waals surface area contributed by atoms with Crippen LogP contribution < -0.4 is 25.1 Å². The minimum atomic E-state index is -0.645. The molecule has 9 heteroatoms. The summed E-state index contributed by atoms with van der Waals surface area (Å²) in [6.07, 6.45) is 1.16. The standard InChI is InChI=1S/C31H30N4O5/c1-19-6-5-7-26(20(19)2)34-12-14-35(15-13-34)31(38)22-8-10-23-24(16-22)33-30(37)25(32-23)18-27(36)21-9-11-28(39-3)29(17-21)40-4/h5-11,16-18H,12-15H2,1-4H3/b25-18-. The Bertz CT molecular complexity index is 1670. The van der Waals surface area contributed by atoms with Gasteiger partial charge in [-0.25, -0.2) is 9.98 Å². The van der Waals surface area contributed by atoms with E-state index in [1.165, 1.54) is 37.1 Å². The number of aryl methyl sites for hydroxylation is 1. The van der Waals surface area contributed by atoms with Crippen LogP contribution in [0.25, 0.3) is 0 Å². The van der Waals surface area contributed by atoms with E-state index in [0.29, 0.717) is 46.4 Å². The van der Waals surface area contributed by atoms with Crippen LogP contribution in [-0.2, 0) is 4.79 Å². The van der Waals surface area contributed by atoms with E-state index in [-0.39, 0.29) is 11.6 Å². The number of rotatable bonds is 6. The number of carbonyl (C=O) groups is 3. The normalized spacial score (nSPS) is 15.7. The first kappa shape index (κ1) is 26.8. The van der Waals surface area contributed by atoms with Crippen molar-refractivity contribution in [2.75, 3.05) is 45.3 Å². The van der Waals surface area contributed by atoms with Crippen LogP contribution in [0, 0.1) is 13.8 Å². The van der Waals surface area contributed by atoms with Crippen molar-refractivity contribution in [1.29, 1.82) is 0 Å². The second kappa shape index (κ2) is 11.1. The average molecular weight is 539 g/mol. The van der Waals surface area contributed by atoms with Crippen molar-refractivity contribution in [3.63, 3.8) is 0 Å². The molecular weight excluding hydrogens is 508 g/mol. The van der Waals surface area contributed by atoms with Gasteiger partial charge in [0.15, 0.2) is 17.3 Å². The molecule has 0 spiro atoms. The number of methoxy groups -OCH3 is 2. The zero-order valence-electron chi connectivity index (χ0n) is 22.9. The summed E-state index contributed by atoms with van der Waals surface area (Å²) in [6.45, 7) is 6.89. The number of nitrogens with zero attached hydrogens (tertiary/aromatic N) is 4. The number of hydrogen-bond donors (Lipinski definition) is 0. The SMILES string of the molecule is COc1ccc(C(=O)/C=C2\N=c3ccc(C(=O)N4CCN(c5cccc(C)c5C)CC4)cc3=NC2=O)cc1OC. The van der Waals surface area contributed by atoms with Gasteiger partial charge in [-0.15, -0.1) is 0 Å². The maximum atomic E-state index is 13.3. The molecule has 0 saturated carbocycles. The van der Waals surface area contributed by atoms with Crippen molar-refractivity contribution >= 4 is 23.3 Å². The topological polar surface area (TPSA) is 101 Å². The number of anilines is 1. The van der Waals surface area contributed by atoms with E-state index in [9.17, 15) is 14.4 Å². The fourth-order valence-corrected chi connectivity index (χ4v) is 4.89. The second-order valence-corrected chi connectivity index (χ2v) is 9.69. The molecule has 3 aromatic carbocycles. The van der Waals surface area contributed by atoms with Gasteiger partial charge in [0.2, 0.25) is 0 Å². The van der Waals surface area contributed by atoms with E-state index in [1.54, 1.807) is 30.3 Å². The molecule has 2 heterocycles. The average Bonchev–Trinajstić information content (AvgIpc) is 2.98. The van der Waals surface area contributed by atoms with Gasteiger partial charge in [0.1, 0.15) is 5.70 Å². The van der Waals surface area contributed by atoms with Gasteiger partial charge in [-0.1, -0.05) is 12.1 Å². The molecule has 5 rings (SSSR count). The molecule has 204 valence electrons. The summed E-state index contributed by atoms with van der Waals surface area (Å²) in [4.78, 5) is 51.4. The number of amides is 2. The van der Waals surface area contributed by atoms with Crippen LogP contribution in [0.2, 0.25) is 0 Å². The number of piperazine rings is 1. The van der Waals surface area contributed by atoms with Crippen LogP contribution >= 0.6 is 0 Å². The van der Waals surface area contributed by atoms with Gasteiger partial charge >= 0.3 is 0 Å². The van der Waals surface area contributed by atoms with Crippen LogP contribution in [0.3, 0.4) is 0 Å². The highest BCUT2D eigenvalue weighted by Crippen LogP contribution is 2.28. The molecule has 2 amide bonds. The lowest BCUT2D eigenvalue weighted by molar-refractivity contribution is -0.114. The first-order valence-electron chi connectivity index (χ1n) is 13.0. The molecule has 1 saturated heterocycles. The Hall–Kier alpha value is -4.79. The zero-order valence-corrected chi connectivity index (χ0v) is 22.9. The molecule has 0 unspecified atom stereocenters. The molecule has 1 fully saturated rings. The lowest BCUT2D eigenvalue weighted by Crippen LogP contribution is -2.49. The van der Waals surface area contributed by atoms with Crippen LogP contribution in [0.15, 0.2) is 76.4 Å². The first-order chi connectivity index (χ1) is 19.3. The Labute approximate surface area is 232 Å². The molecule has 0 atom stereocenters. The van der Waals surface area contributed by atoms with Crippen molar-refractivity contribution in [3.05, 3.63) is 99.3 Å². The fraction of sp³-hybridized carbons (Fsp3) is 0.258. The summed E-state index contributed by atoms with van der Waals surface area (Å²) in [5, 5.41) is 0.725. The number of hydrogen-bond acceptors (Lipinski definition) is 7. The Morgan fingerprint density at radius 1 is 0.825 bits per heavy atom. The largest absolute Gasteiger partial charge is 0.493 e. The highest BCUT2D eigenvalue weighted by atomic mass is 16.5. The highest BCUT2D eigenvalue weighted by Gasteiger charge is 2.24. The fourth-order valence-electron chi connectivity index (χ4n) is 4.89. The number of benzene rings is 3. The summed E-state index contributed by atoms with van der Waals surface area (Å²) in [7, 11) is 2.98. The van der Waals surface area contributed by atoms with Crippen LogP contribution in [-0.4, -0.2) is 62.9 Å². The molecule has 2 aliphatic heterocycles. The molecule has 0 radical (unpaired) electrons. The van der Waals surface area contributed by atoms with Crippen LogP contribution in [0.1, 0.15) is 31.8 Å². The third-order valence-electron chi connectivity index (χ3n) is 7.32. The molecular formula is C31H30N4O5. The van der Waals surface area contributed by atoms with Crippen molar-refractivity contribution in [2.24, 2.45) is 9.98 Å². The molecule has 3 aromatic rings. The maximum Gasteiger partial charge on any atom is 0.296 e. The van der Waals surface area contributed by atoms with Crippen LogP contribution in [0.4, 0.5) is 5.69 Å². The van der Waals surface area contributed by atoms with E-state index in [2.05, 4.69) is 46.9 Å². The molecule has 0 aromatic heterocycles. The number of carbonyl (C=O) groups excluding carboxylic acids is 3. The summed E-state index contributed by atoms with van der Waals surface area (Å²) in [6, 6.07) is 15.9. The molecule has 0 N–H and O–H groups in total. The Kier molecular flexibility index (Phi) is 7.46. The number of fused-ring (bicyclic) bond motifs is 1. The van der Waals surface area contributed by atoms with Crippen molar-refractivity contribution < 1.29 is 23.9 Å². The van der Waals surface area contributed by atoms with Gasteiger partial charge in [0, 0.05) is 49.1 Å². The van der Waals surface area contributed by atoms with Crippen LogP contribution in [0.5, 0.6) is 11.5 Å². The Morgan fingerprint density at radius 2 is 1.55 bits per heavy atom. The second-order valence-electron chi connectivity index (χ2n) is 9.69. The van der Waals surface area contributed by atoms with Gasteiger partial charge < -0.3 is 19.3 Å². The summed E-state index contributed by atoms with van der Waals surface area (Å²) >= 11 is 0. The Morgan fingerprint density at radius 3 is 2.27 bits per heavy atom. The molecule has 2 aliphatic rings. The predicted octanol–water partition coefficient (Wildman–Crippen LogP) is 2.83. The summed E-state index contributed by atoms with van der Waals surface area (Å²) in [5.41, 5.74) is 4.39. The first-order valence-corrected chi connectivity index (χ1v) is 13.0. The molecule has 0 bridgehead atoms. The smallest absolute Gasteiger partial charge is 0.296 e. The third-order valence-corrected chi connectivity index (χ3v) is 7.32. The lowest BCUT2D eigenvalue weighted by Gasteiger charge is -2.37. The number of ketones is 1. The minimum Gasteiger partial charge on any atom is -0.493 e. The maximum absolute atomic E-state index is 13.3. The molecule has 0 aliphatic carbocycles. The van der Waals surface area contributed by atoms with E-state index >= 15 is 0 Å². The van der Waals surface area contributed by atoms with E-state index in [0.717, 1.165) is 19.2 Å². The van der Waals surface area contributed by atoms with Crippen molar-refractivity contribution in [3.8, 4) is 11.5 Å². The zero-order chi connectivity index (χ0) is 28.4. The highest BCUT2D eigenvalue weighted by molar-refractivity contribution is 6.10. The monoisotopic (exact) mass is 538 g/mol. The van der Waals surface area contributed by atoms with E-state index in [1.807, 2.05) is 4.90 Å². The van der Waals surface area contributed by atoms with Crippen molar-refractivity contribution in [2.45, 2.75) is 13.8 Å². The lowest BCUT2D eigenvalue weighted by atomic mass is 10.1. The van der Waals surface area contributed by atoms with Gasteiger partial charge in [0.25, 0.3) is 11.8 Å². The minimum absolute atomic E-state index is 0.0751.